The number of benzene rings is 1. The summed E-state index contributed by atoms with van der Waals surface area (Å²) in [6.07, 6.45) is 6.03. The lowest BCUT2D eigenvalue weighted by Gasteiger charge is -2.27. The van der Waals surface area contributed by atoms with Crippen LogP contribution in [0, 0.1) is 12.3 Å². The lowest BCUT2D eigenvalue weighted by atomic mass is 9.83. The molecule has 0 radical (unpaired) electrons. The van der Waals surface area contributed by atoms with Crippen LogP contribution in [-0.4, -0.2) is 17.6 Å². The minimum Gasteiger partial charge on any atom is -0.507 e. The van der Waals surface area contributed by atoms with Crippen molar-refractivity contribution in [2.75, 3.05) is 6.54 Å². The summed E-state index contributed by atoms with van der Waals surface area (Å²) in [5.41, 5.74) is 1.39. The van der Waals surface area contributed by atoms with E-state index in [9.17, 15) is 9.90 Å². The zero-order valence-electron chi connectivity index (χ0n) is 11.8. The second-order valence-corrected chi connectivity index (χ2v) is 5.71. The first-order valence-electron chi connectivity index (χ1n) is 7.15. The number of hydrogen-bond donors (Lipinski definition) is 2. The Bertz CT molecular complexity index is 462. The summed E-state index contributed by atoms with van der Waals surface area (Å²) in [7, 11) is 0. The molecule has 0 atom stereocenters. The molecule has 1 saturated carbocycles. The molecule has 1 amide bonds. The van der Waals surface area contributed by atoms with Crippen molar-refractivity contribution in [3.05, 3.63) is 29.3 Å². The third-order valence-electron chi connectivity index (χ3n) is 4.52. The topological polar surface area (TPSA) is 49.3 Å². The van der Waals surface area contributed by atoms with Gasteiger partial charge >= 0.3 is 0 Å². The van der Waals surface area contributed by atoms with Crippen molar-refractivity contribution >= 4 is 5.91 Å². The average Bonchev–Trinajstić information content (AvgIpc) is 2.89. The van der Waals surface area contributed by atoms with Crippen molar-refractivity contribution < 1.29 is 9.90 Å². The highest BCUT2D eigenvalue weighted by atomic mass is 16.3. The Morgan fingerprint density at radius 2 is 2.05 bits per heavy atom. The largest absolute Gasteiger partial charge is 0.507 e. The Hall–Kier alpha value is -1.51. The normalized spacial score (nSPS) is 17.4. The number of para-hydroxylation sites is 1. The van der Waals surface area contributed by atoms with E-state index in [1.807, 2.05) is 0 Å². The highest BCUT2D eigenvalue weighted by Gasteiger charge is 2.32. The van der Waals surface area contributed by atoms with Gasteiger partial charge in [0.1, 0.15) is 5.75 Å². The van der Waals surface area contributed by atoms with Gasteiger partial charge in [-0.1, -0.05) is 31.9 Å². The molecule has 2 N–H and O–H groups in total. The molecule has 0 bridgehead atoms. The minimum absolute atomic E-state index is 0.0944. The number of carbonyl (C=O) groups is 1. The molecule has 3 heteroatoms. The molecular weight excluding hydrogens is 238 g/mol. The molecule has 0 spiro atoms. The second-order valence-electron chi connectivity index (χ2n) is 5.71. The average molecular weight is 261 g/mol. The number of phenols is 1. The van der Waals surface area contributed by atoms with Gasteiger partial charge in [-0.25, -0.2) is 0 Å². The number of phenolic OH excluding ortho intramolecular Hbond substituents is 1. The van der Waals surface area contributed by atoms with Gasteiger partial charge in [-0.3, -0.25) is 4.79 Å². The van der Waals surface area contributed by atoms with E-state index in [4.69, 9.17) is 0 Å². The summed E-state index contributed by atoms with van der Waals surface area (Å²) < 4.78 is 0. The van der Waals surface area contributed by atoms with Crippen molar-refractivity contribution in [1.29, 1.82) is 0 Å². The molecule has 2 rings (SSSR count). The van der Waals surface area contributed by atoms with Crippen LogP contribution in [0.5, 0.6) is 5.75 Å². The SMILES string of the molecule is CCC1(CNC(=O)c2cccc(C)c2O)CCCC1. The summed E-state index contributed by atoms with van der Waals surface area (Å²) in [4.78, 5) is 12.2. The number of aromatic hydroxyl groups is 1. The monoisotopic (exact) mass is 261 g/mol. The maximum absolute atomic E-state index is 12.2. The number of amides is 1. The van der Waals surface area contributed by atoms with E-state index in [1.54, 1.807) is 25.1 Å². The van der Waals surface area contributed by atoms with Crippen molar-refractivity contribution in [3.8, 4) is 5.75 Å². The quantitative estimate of drug-likeness (QED) is 0.872. The first-order valence-corrected chi connectivity index (χ1v) is 7.15. The summed E-state index contributed by atoms with van der Waals surface area (Å²) >= 11 is 0. The number of rotatable bonds is 4. The van der Waals surface area contributed by atoms with E-state index < -0.39 is 0 Å². The molecule has 0 saturated heterocycles. The molecule has 104 valence electrons. The van der Waals surface area contributed by atoms with Gasteiger partial charge in [-0.15, -0.1) is 0 Å². The third kappa shape index (κ3) is 2.91. The lowest BCUT2D eigenvalue weighted by Crippen LogP contribution is -2.35. The predicted molar refractivity (Wildman–Crippen MR) is 76.4 cm³/mol. The van der Waals surface area contributed by atoms with Gasteiger partial charge in [-0.2, -0.15) is 0 Å². The zero-order chi connectivity index (χ0) is 13.9. The summed E-state index contributed by atoms with van der Waals surface area (Å²) in [6, 6.07) is 5.27. The summed E-state index contributed by atoms with van der Waals surface area (Å²) in [5, 5.41) is 12.9. The molecule has 1 aliphatic rings. The molecular formula is C16H23NO2. The van der Waals surface area contributed by atoms with Gasteiger partial charge in [0.25, 0.3) is 5.91 Å². The maximum Gasteiger partial charge on any atom is 0.255 e. The lowest BCUT2D eigenvalue weighted by molar-refractivity contribution is 0.0926. The van der Waals surface area contributed by atoms with E-state index in [2.05, 4.69) is 12.2 Å². The minimum atomic E-state index is -0.166. The summed E-state index contributed by atoms with van der Waals surface area (Å²) in [6.45, 7) is 4.72. The Morgan fingerprint density at radius 1 is 1.37 bits per heavy atom. The fourth-order valence-electron chi connectivity index (χ4n) is 2.99. The Labute approximate surface area is 115 Å². The van der Waals surface area contributed by atoms with Crippen molar-refractivity contribution in [3.63, 3.8) is 0 Å². The van der Waals surface area contributed by atoms with Crippen molar-refractivity contribution in [1.82, 2.24) is 5.32 Å². The molecule has 19 heavy (non-hydrogen) atoms. The maximum atomic E-state index is 12.2. The highest BCUT2D eigenvalue weighted by molar-refractivity contribution is 5.97. The van der Waals surface area contributed by atoms with Crippen LogP contribution in [0.4, 0.5) is 0 Å². The van der Waals surface area contributed by atoms with E-state index in [0.717, 1.165) is 18.5 Å². The Kier molecular flexibility index (Phi) is 4.13. The molecule has 1 aliphatic carbocycles. The van der Waals surface area contributed by atoms with Crippen LogP contribution in [0.2, 0.25) is 0 Å². The Balaban J connectivity index is 2.03. The van der Waals surface area contributed by atoms with Crippen LogP contribution in [-0.2, 0) is 0 Å². The first-order chi connectivity index (χ1) is 9.08. The van der Waals surface area contributed by atoms with Gasteiger partial charge < -0.3 is 10.4 Å². The number of nitrogens with one attached hydrogen (secondary N) is 1. The van der Waals surface area contributed by atoms with Gasteiger partial charge in [0.05, 0.1) is 5.56 Å². The van der Waals surface area contributed by atoms with E-state index >= 15 is 0 Å². The third-order valence-corrected chi connectivity index (χ3v) is 4.52. The van der Waals surface area contributed by atoms with Crippen LogP contribution < -0.4 is 5.32 Å². The van der Waals surface area contributed by atoms with Crippen LogP contribution >= 0.6 is 0 Å². The van der Waals surface area contributed by atoms with Crippen LogP contribution in [0.25, 0.3) is 0 Å². The molecule has 1 aromatic carbocycles. The standard InChI is InChI=1S/C16H23NO2/c1-3-16(9-4-5-10-16)11-17-15(19)13-8-6-7-12(2)14(13)18/h6-8,18H,3-5,9-11H2,1-2H3,(H,17,19). The molecule has 0 unspecified atom stereocenters. The molecule has 3 nitrogen and oxygen atoms in total. The predicted octanol–water partition coefficient (Wildman–Crippen LogP) is 3.40. The zero-order valence-corrected chi connectivity index (χ0v) is 11.8. The molecule has 1 fully saturated rings. The van der Waals surface area contributed by atoms with Crippen LogP contribution in [0.1, 0.15) is 54.9 Å². The van der Waals surface area contributed by atoms with Crippen LogP contribution in [0.15, 0.2) is 18.2 Å². The Morgan fingerprint density at radius 3 is 2.68 bits per heavy atom. The number of hydrogen-bond acceptors (Lipinski definition) is 2. The van der Waals surface area contributed by atoms with Crippen molar-refractivity contribution in [2.45, 2.75) is 46.0 Å². The first kappa shape index (κ1) is 13.9. The van der Waals surface area contributed by atoms with Gasteiger partial charge in [0.15, 0.2) is 0 Å². The highest BCUT2D eigenvalue weighted by Crippen LogP contribution is 2.40. The van der Waals surface area contributed by atoms with Gasteiger partial charge in [0, 0.05) is 6.54 Å². The van der Waals surface area contributed by atoms with Crippen molar-refractivity contribution in [2.24, 2.45) is 5.41 Å². The number of aryl methyl sites for hydroxylation is 1. The smallest absolute Gasteiger partial charge is 0.255 e. The molecule has 0 aliphatic heterocycles. The van der Waals surface area contributed by atoms with Gasteiger partial charge in [0.2, 0.25) is 0 Å². The molecule has 0 aromatic heterocycles. The second kappa shape index (κ2) is 5.64. The fraction of sp³-hybridized carbons (Fsp3) is 0.562. The summed E-state index contributed by atoms with van der Waals surface area (Å²) in [5.74, 6) is -0.0714. The van der Waals surface area contributed by atoms with Gasteiger partial charge in [-0.05, 0) is 43.2 Å². The fourth-order valence-corrected chi connectivity index (χ4v) is 2.99. The van der Waals surface area contributed by atoms with E-state index in [0.29, 0.717) is 5.56 Å². The van der Waals surface area contributed by atoms with E-state index in [-0.39, 0.29) is 17.1 Å². The molecule has 1 aromatic rings. The molecule has 0 heterocycles. The van der Waals surface area contributed by atoms with E-state index in [1.165, 1.54) is 25.7 Å². The number of carbonyl (C=O) groups excluding carboxylic acids is 1. The van der Waals surface area contributed by atoms with Crippen LogP contribution in [0.3, 0.4) is 0 Å².